The highest BCUT2D eigenvalue weighted by atomic mass is 14.7. The summed E-state index contributed by atoms with van der Waals surface area (Å²) in [5.74, 6) is 5.25. The molecule has 3 unspecified atom stereocenters. The van der Waals surface area contributed by atoms with Crippen LogP contribution in [0.2, 0.25) is 0 Å². The molecule has 2 rings (SSSR count). The maximum Gasteiger partial charge on any atom is 0.00958 e. The van der Waals surface area contributed by atoms with Gasteiger partial charge >= 0.3 is 0 Å². The predicted octanol–water partition coefficient (Wildman–Crippen LogP) is 4.85. The molecule has 0 heterocycles. The fourth-order valence-corrected chi connectivity index (χ4v) is 4.90. The minimum absolute atomic E-state index is 0.485. The van der Waals surface area contributed by atoms with E-state index in [1.54, 1.807) is 0 Å². The summed E-state index contributed by atoms with van der Waals surface area (Å²) in [5.41, 5.74) is 6.67. The summed E-state index contributed by atoms with van der Waals surface area (Å²) >= 11 is 0. The Morgan fingerprint density at radius 3 is 1.68 bits per heavy atom. The van der Waals surface area contributed by atoms with Gasteiger partial charge in [0.2, 0.25) is 0 Å². The molecule has 0 aromatic carbocycles. The maximum absolute atomic E-state index is 6.67. The van der Waals surface area contributed by atoms with E-state index in [1.165, 1.54) is 44.9 Å². The van der Waals surface area contributed by atoms with Crippen LogP contribution < -0.4 is 5.73 Å². The van der Waals surface area contributed by atoms with Gasteiger partial charge in [0, 0.05) is 6.04 Å². The molecular formula is C18H35N. The second-order valence-electron chi connectivity index (χ2n) is 8.17. The molecule has 2 aliphatic carbocycles. The summed E-state index contributed by atoms with van der Waals surface area (Å²) in [6, 6.07) is 0.485. The second-order valence-corrected chi connectivity index (χ2v) is 8.17. The standard InChI is InChI=1S/C18H35N/c1-12(2)15-5-7-16(8-6-15)18(19)17-10-13(3)9-14(4)11-17/h12-18H,5-11,19H2,1-4H3. The first-order chi connectivity index (χ1) is 8.97. The van der Waals surface area contributed by atoms with Gasteiger partial charge in [0.05, 0.1) is 0 Å². The Bertz CT molecular complexity index is 255. The molecule has 0 saturated heterocycles. The van der Waals surface area contributed by atoms with Gasteiger partial charge in [0.1, 0.15) is 0 Å². The Morgan fingerprint density at radius 1 is 0.737 bits per heavy atom. The molecule has 0 spiro atoms. The molecular weight excluding hydrogens is 230 g/mol. The van der Waals surface area contributed by atoms with Crippen LogP contribution in [0.4, 0.5) is 0 Å². The predicted molar refractivity (Wildman–Crippen MR) is 83.9 cm³/mol. The highest BCUT2D eigenvalue weighted by Crippen LogP contribution is 2.40. The minimum Gasteiger partial charge on any atom is -0.327 e. The summed E-state index contributed by atoms with van der Waals surface area (Å²) in [7, 11) is 0. The first-order valence-electron chi connectivity index (χ1n) is 8.73. The van der Waals surface area contributed by atoms with Crippen molar-refractivity contribution in [3.63, 3.8) is 0 Å². The average molecular weight is 265 g/mol. The fourth-order valence-electron chi connectivity index (χ4n) is 4.90. The van der Waals surface area contributed by atoms with Gasteiger partial charge in [-0.3, -0.25) is 0 Å². The van der Waals surface area contributed by atoms with Crippen molar-refractivity contribution in [2.24, 2.45) is 41.2 Å². The fraction of sp³-hybridized carbons (Fsp3) is 1.00. The van der Waals surface area contributed by atoms with Gasteiger partial charge in [-0.2, -0.15) is 0 Å². The Labute approximate surface area is 120 Å². The third-order valence-electron chi connectivity index (χ3n) is 6.06. The van der Waals surface area contributed by atoms with E-state index in [0.29, 0.717) is 6.04 Å². The van der Waals surface area contributed by atoms with E-state index in [0.717, 1.165) is 35.5 Å². The van der Waals surface area contributed by atoms with Crippen molar-refractivity contribution in [2.45, 2.75) is 78.7 Å². The molecule has 3 atom stereocenters. The Hall–Kier alpha value is -0.0400. The van der Waals surface area contributed by atoms with Crippen LogP contribution in [0, 0.1) is 35.5 Å². The normalized spacial score (nSPS) is 42.3. The lowest BCUT2D eigenvalue weighted by Crippen LogP contribution is -2.42. The van der Waals surface area contributed by atoms with Gasteiger partial charge in [-0.1, -0.05) is 27.7 Å². The zero-order valence-electron chi connectivity index (χ0n) is 13.6. The van der Waals surface area contributed by atoms with Gasteiger partial charge < -0.3 is 5.73 Å². The summed E-state index contributed by atoms with van der Waals surface area (Å²) in [6.07, 6.45) is 9.82. The van der Waals surface area contributed by atoms with Gasteiger partial charge in [-0.05, 0) is 80.5 Å². The third-order valence-corrected chi connectivity index (χ3v) is 6.06. The molecule has 2 N–H and O–H groups in total. The number of hydrogen-bond acceptors (Lipinski definition) is 1. The van der Waals surface area contributed by atoms with E-state index >= 15 is 0 Å². The Balaban J connectivity index is 1.85. The van der Waals surface area contributed by atoms with Gasteiger partial charge in [-0.25, -0.2) is 0 Å². The molecule has 1 nitrogen and oxygen atoms in total. The SMILES string of the molecule is CC1CC(C)CC(C(N)C2CCC(C(C)C)CC2)C1. The summed E-state index contributed by atoms with van der Waals surface area (Å²) < 4.78 is 0. The minimum atomic E-state index is 0.485. The van der Waals surface area contributed by atoms with E-state index in [2.05, 4.69) is 27.7 Å². The maximum atomic E-state index is 6.67. The van der Waals surface area contributed by atoms with Crippen LogP contribution in [-0.2, 0) is 0 Å². The molecule has 2 saturated carbocycles. The molecule has 0 amide bonds. The van der Waals surface area contributed by atoms with Crippen LogP contribution in [0.15, 0.2) is 0 Å². The first kappa shape index (κ1) is 15.4. The third kappa shape index (κ3) is 3.97. The Morgan fingerprint density at radius 2 is 1.21 bits per heavy atom. The van der Waals surface area contributed by atoms with Crippen LogP contribution in [0.1, 0.15) is 72.6 Å². The molecule has 112 valence electrons. The molecule has 2 fully saturated rings. The van der Waals surface area contributed by atoms with Crippen molar-refractivity contribution in [3.8, 4) is 0 Å². The number of rotatable bonds is 3. The molecule has 0 aromatic heterocycles. The van der Waals surface area contributed by atoms with Crippen LogP contribution in [0.3, 0.4) is 0 Å². The van der Waals surface area contributed by atoms with Gasteiger partial charge in [-0.15, -0.1) is 0 Å². The van der Waals surface area contributed by atoms with Gasteiger partial charge in [0.15, 0.2) is 0 Å². The lowest BCUT2D eigenvalue weighted by Gasteiger charge is -2.41. The van der Waals surface area contributed by atoms with Crippen LogP contribution in [0.5, 0.6) is 0 Å². The van der Waals surface area contributed by atoms with E-state index in [4.69, 9.17) is 5.73 Å². The second kappa shape index (κ2) is 6.61. The van der Waals surface area contributed by atoms with Gasteiger partial charge in [0.25, 0.3) is 0 Å². The molecule has 19 heavy (non-hydrogen) atoms. The first-order valence-corrected chi connectivity index (χ1v) is 8.73. The summed E-state index contributed by atoms with van der Waals surface area (Å²) in [5, 5.41) is 0. The van der Waals surface area contributed by atoms with E-state index in [-0.39, 0.29) is 0 Å². The van der Waals surface area contributed by atoms with Crippen LogP contribution in [-0.4, -0.2) is 6.04 Å². The summed E-state index contributed by atoms with van der Waals surface area (Å²) in [6.45, 7) is 9.61. The monoisotopic (exact) mass is 265 g/mol. The zero-order chi connectivity index (χ0) is 14.0. The van der Waals surface area contributed by atoms with Crippen molar-refractivity contribution in [1.29, 1.82) is 0 Å². The van der Waals surface area contributed by atoms with Crippen LogP contribution >= 0.6 is 0 Å². The quantitative estimate of drug-likeness (QED) is 0.775. The molecule has 0 aromatic rings. The lowest BCUT2D eigenvalue weighted by molar-refractivity contribution is 0.128. The molecule has 0 aliphatic heterocycles. The number of hydrogen-bond donors (Lipinski definition) is 1. The molecule has 0 radical (unpaired) electrons. The van der Waals surface area contributed by atoms with Crippen molar-refractivity contribution >= 4 is 0 Å². The van der Waals surface area contributed by atoms with Crippen molar-refractivity contribution in [2.75, 3.05) is 0 Å². The zero-order valence-corrected chi connectivity index (χ0v) is 13.6. The van der Waals surface area contributed by atoms with Crippen molar-refractivity contribution in [1.82, 2.24) is 0 Å². The lowest BCUT2D eigenvalue weighted by atomic mass is 9.67. The van der Waals surface area contributed by atoms with E-state index < -0.39 is 0 Å². The molecule has 2 aliphatic rings. The highest BCUT2D eigenvalue weighted by Gasteiger charge is 2.34. The molecule has 0 bridgehead atoms. The van der Waals surface area contributed by atoms with Crippen molar-refractivity contribution in [3.05, 3.63) is 0 Å². The van der Waals surface area contributed by atoms with Crippen molar-refractivity contribution < 1.29 is 0 Å². The van der Waals surface area contributed by atoms with E-state index in [9.17, 15) is 0 Å². The van der Waals surface area contributed by atoms with Crippen LogP contribution in [0.25, 0.3) is 0 Å². The number of nitrogens with two attached hydrogens (primary N) is 1. The average Bonchev–Trinajstić information content (AvgIpc) is 2.37. The summed E-state index contributed by atoms with van der Waals surface area (Å²) in [4.78, 5) is 0. The topological polar surface area (TPSA) is 26.0 Å². The largest absolute Gasteiger partial charge is 0.327 e. The smallest absolute Gasteiger partial charge is 0.00958 e. The van der Waals surface area contributed by atoms with E-state index in [1.807, 2.05) is 0 Å². The Kier molecular flexibility index (Phi) is 5.34. The molecule has 1 heteroatoms. The highest BCUT2D eigenvalue weighted by molar-refractivity contribution is 4.88.